The molecule has 104 valence electrons. The van der Waals surface area contributed by atoms with E-state index >= 15 is 0 Å². The standard InChI is InChI=1S/C15H16N2O3/c1-11-8-12(2-5-16-11)10-20-7-4-14-9-13(15(18)19)3-6-17-14/h2-3,5-6,8-9H,4,7,10H2,1H3,(H,18,19). The normalized spacial score (nSPS) is 10.4. The number of nitrogens with zero attached hydrogens (tertiary/aromatic N) is 2. The van der Waals surface area contributed by atoms with Crippen molar-refractivity contribution in [2.45, 2.75) is 20.0 Å². The first-order valence-electron chi connectivity index (χ1n) is 6.32. The minimum absolute atomic E-state index is 0.250. The Hall–Kier alpha value is -2.27. The number of carbonyl (C=O) groups is 1. The number of aryl methyl sites for hydroxylation is 1. The molecule has 5 nitrogen and oxygen atoms in total. The van der Waals surface area contributed by atoms with Crippen LogP contribution in [0.2, 0.25) is 0 Å². The van der Waals surface area contributed by atoms with Gasteiger partial charge in [0.25, 0.3) is 0 Å². The average molecular weight is 272 g/mol. The van der Waals surface area contributed by atoms with Gasteiger partial charge < -0.3 is 9.84 Å². The smallest absolute Gasteiger partial charge is 0.335 e. The molecule has 0 bridgehead atoms. The Kier molecular flexibility index (Phi) is 4.79. The van der Waals surface area contributed by atoms with Crippen molar-refractivity contribution in [2.24, 2.45) is 0 Å². The van der Waals surface area contributed by atoms with E-state index in [0.29, 0.717) is 19.6 Å². The quantitative estimate of drug-likeness (QED) is 0.816. The van der Waals surface area contributed by atoms with Gasteiger partial charge in [0.05, 0.1) is 18.8 Å². The number of rotatable bonds is 6. The molecule has 0 saturated carbocycles. The molecular formula is C15H16N2O3. The van der Waals surface area contributed by atoms with Gasteiger partial charge >= 0.3 is 5.97 Å². The zero-order valence-electron chi connectivity index (χ0n) is 11.2. The maximum Gasteiger partial charge on any atom is 0.335 e. The Morgan fingerprint density at radius 3 is 2.80 bits per heavy atom. The van der Waals surface area contributed by atoms with Crippen molar-refractivity contribution < 1.29 is 14.6 Å². The van der Waals surface area contributed by atoms with Crippen LogP contribution >= 0.6 is 0 Å². The third kappa shape index (κ3) is 4.13. The second-order valence-corrected chi connectivity index (χ2v) is 4.45. The lowest BCUT2D eigenvalue weighted by atomic mass is 10.2. The zero-order valence-corrected chi connectivity index (χ0v) is 11.2. The van der Waals surface area contributed by atoms with Gasteiger partial charge in [0.1, 0.15) is 0 Å². The van der Waals surface area contributed by atoms with E-state index in [-0.39, 0.29) is 5.56 Å². The molecule has 0 aromatic carbocycles. The molecule has 0 atom stereocenters. The fourth-order valence-electron chi connectivity index (χ4n) is 1.81. The van der Waals surface area contributed by atoms with Gasteiger partial charge in [0.2, 0.25) is 0 Å². The molecule has 2 aromatic heterocycles. The Bertz CT molecular complexity index is 599. The predicted molar refractivity (Wildman–Crippen MR) is 73.5 cm³/mol. The van der Waals surface area contributed by atoms with E-state index in [1.165, 1.54) is 12.3 Å². The van der Waals surface area contributed by atoms with E-state index in [9.17, 15) is 4.79 Å². The largest absolute Gasteiger partial charge is 0.478 e. The fourth-order valence-corrected chi connectivity index (χ4v) is 1.81. The minimum atomic E-state index is -0.943. The van der Waals surface area contributed by atoms with Gasteiger partial charge in [-0.05, 0) is 36.8 Å². The number of ether oxygens (including phenoxy) is 1. The summed E-state index contributed by atoms with van der Waals surface area (Å²) in [5.41, 5.74) is 3.00. The molecule has 2 heterocycles. The van der Waals surface area contributed by atoms with Gasteiger partial charge in [-0.2, -0.15) is 0 Å². The minimum Gasteiger partial charge on any atom is -0.478 e. The summed E-state index contributed by atoms with van der Waals surface area (Å²) in [7, 11) is 0. The highest BCUT2D eigenvalue weighted by Gasteiger charge is 2.04. The Labute approximate surface area is 117 Å². The number of pyridine rings is 2. The van der Waals surface area contributed by atoms with Crippen molar-refractivity contribution in [1.82, 2.24) is 9.97 Å². The summed E-state index contributed by atoms with van der Waals surface area (Å²) in [5, 5.41) is 8.89. The lowest BCUT2D eigenvalue weighted by Gasteiger charge is -2.05. The van der Waals surface area contributed by atoms with Crippen molar-refractivity contribution >= 4 is 5.97 Å². The SMILES string of the molecule is Cc1cc(COCCc2cc(C(=O)O)ccn2)ccn1. The van der Waals surface area contributed by atoms with Crippen molar-refractivity contribution in [3.05, 3.63) is 59.2 Å². The second kappa shape index (κ2) is 6.77. The topological polar surface area (TPSA) is 72.3 Å². The van der Waals surface area contributed by atoms with Gasteiger partial charge in [0, 0.05) is 30.2 Å². The highest BCUT2D eigenvalue weighted by atomic mass is 16.5. The van der Waals surface area contributed by atoms with E-state index in [2.05, 4.69) is 9.97 Å². The number of hydrogen-bond acceptors (Lipinski definition) is 4. The van der Waals surface area contributed by atoms with E-state index in [1.54, 1.807) is 12.3 Å². The first-order valence-corrected chi connectivity index (χ1v) is 6.32. The first kappa shape index (κ1) is 14.1. The molecule has 0 radical (unpaired) electrons. The number of carboxylic acid groups (broad SMARTS) is 1. The summed E-state index contributed by atoms with van der Waals surface area (Å²) in [6.07, 6.45) is 3.85. The van der Waals surface area contributed by atoms with Crippen molar-refractivity contribution in [3.8, 4) is 0 Å². The third-order valence-electron chi connectivity index (χ3n) is 2.80. The molecule has 0 aliphatic carbocycles. The van der Waals surface area contributed by atoms with Crippen LogP contribution in [0.1, 0.15) is 27.3 Å². The van der Waals surface area contributed by atoms with Crippen LogP contribution in [0.4, 0.5) is 0 Å². The Morgan fingerprint density at radius 1 is 1.25 bits per heavy atom. The van der Waals surface area contributed by atoms with Crippen LogP contribution in [0, 0.1) is 6.92 Å². The number of aromatic carboxylic acids is 1. The fraction of sp³-hybridized carbons (Fsp3) is 0.267. The monoisotopic (exact) mass is 272 g/mol. The molecule has 2 rings (SSSR count). The maximum atomic E-state index is 10.8. The highest BCUT2D eigenvalue weighted by molar-refractivity contribution is 5.87. The van der Waals surface area contributed by atoms with E-state index in [0.717, 1.165) is 17.0 Å². The van der Waals surface area contributed by atoms with Crippen LogP contribution in [-0.4, -0.2) is 27.7 Å². The third-order valence-corrected chi connectivity index (χ3v) is 2.80. The summed E-state index contributed by atoms with van der Waals surface area (Å²) < 4.78 is 5.56. The van der Waals surface area contributed by atoms with Crippen LogP contribution in [0.25, 0.3) is 0 Å². The van der Waals surface area contributed by atoms with Crippen molar-refractivity contribution in [2.75, 3.05) is 6.61 Å². The summed E-state index contributed by atoms with van der Waals surface area (Å²) in [6, 6.07) is 6.94. The lowest BCUT2D eigenvalue weighted by molar-refractivity contribution is 0.0696. The Morgan fingerprint density at radius 2 is 2.05 bits per heavy atom. The molecule has 0 saturated heterocycles. The van der Waals surface area contributed by atoms with Crippen molar-refractivity contribution in [3.63, 3.8) is 0 Å². The van der Waals surface area contributed by atoms with Gasteiger partial charge in [-0.1, -0.05) is 0 Å². The summed E-state index contributed by atoms with van der Waals surface area (Å²) in [4.78, 5) is 19.1. The number of hydrogen-bond donors (Lipinski definition) is 1. The van der Waals surface area contributed by atoms with Gasteiger partial charge in [-0.15, -0.1) is 0 Å². The van der Waals surface area contributed by atoms with E-state index in [4.69, 9.17) is 9.84 Å². The van der Waals surface area contributed by atoms with Gasteiger partial charge in [-0.3, -0.25) is 9.97 Å². The average Bonchev–Trinajstić information content (AvgIpc) is 2.44. The highest BCUT2D eigenvalue weighted by Crippen LogP contribution is 2.05. The molecule has 1 N–H and O–H groups in total. The van der Waals surface area contributed by atoms with Crippen LogP contribution in [0.3, 0.4) is 0 Å². The molecule has 0 aliphatic heterocycles. The molecule has 5 heteroatoms. The maximum absolute atomic E-state index is 10.8. The van der Waals surface area contributed by atoms with Crippen LogP contribution < -0.4 is 0 Å². The number of carboxylic acids is 1. The summed E-state index contributed by atoms with van der Waals surface area (Å²) in [5.74, 6) is -0.943. The van der Waals surface area contributed by atoms with E-state index in [1.807, 2.05) is 19.1 Å². The van der Waals surface area contributed by atoms with Crippen molar-refractivity contribution in [1.29, 1.82) is 0 Å². The van der Waals surface area contributed by atoms with Crippen LogP contribution in [0.15, 0.2) is 36.7 Å². The number of aromatic nitrogens is 2. The predicted octanol–water partition coefficient (Wildman–Crippen LogP) is 2.24. The van der Waals surface area contributed by atoms with Crippen LogP contribution in [-0.2, 0) is 17.8 Å². The molecule has 0 aliphatic rings. The lowest BCUT2D eigenvalue weighted by Crippen LogP contribution is -2.03. The van der Waals surface area contributed by atoms with Gasteiger partial charge in [0.15, 0.2) is 0 Å². The van der Waals surface area contributed by atoms with E-state index < -0.39 is 5.97 Å². The summed E-state index contributed by atoms with van der Waals surface area (Å²) >= 11 is 0. The summed E-state index contributed by atoms with van der Waals surface area (Å²) in [6.45, 7) is 2.95. The second-order valence-electron chi connectivity index (χ2n) is 4.45. The molecular weight excluding hydrogens is 256 g/mol. The molecule has 0 unspecified atom stereocenters. The molecule has 0 spiro atoms. The first-order chi connectivity index (χ1) is 9.65. The molecule has 2 aromatic rings. The molecule has 20 heavy (non-hydrogen) atoms. The Balaban J connectivity index is 1.81. The molecule has 0 fully saturated rings. The molecule has 0 amide bonds. The van der Waals surface area contributed by atoms with Crippen LogP contribution in [0.5, 0.6) is 0 Å². The van der Waals surface area contributed by atoms with Gasteiger partial charge in [-0.25, -0.2) is 4.79 Å². The zero-order chi connectivity index (χ0) is 14.4.